The molecule has 0 aliphatic rings. The third-order valence-corrected chi connectivity index (χ3v) is 4.55. The Morgan fingerprint density at radius 2 is 1.93 bits per heavy atom. The van der Waals surface area contributed by atoms with Crippen molar-refractivity contribution >= 4 is 17.0 Å². The van der Waals surface area contributed by atoms with E-state index < -0.39 is 5.76 Å². The number of oxazole rings is 1. The standard InChI is InChI=1S/C22H19N3O3/c1-15-5-7-16(8-6-15)14-25-19-12-17(9-10-20(19)28-22(25)27)21(26)24-13-18-4-2-3-11-23-18/h2-12H,13-14H2,1H3,(H,24,26). The number of nitrogens with zero attached hydrogens (tertiary/aromatic N) is 2. The number of hydrogen-bond donors (Lipinski definition) is 1. The first-order valence-corrected chi connectivity index (χ1v) is 8.97. The number of nitrogens with one attached hydrogen (secondary N) is 1. The molecule has 0 aliphatic carbocycles. The largest absolute Gasteiger partial charge is 0.420 e. The first-order chi connectivity index (χ1) is 13.6. The average Bonchev–Trinajstić information content (AvgIpc) is 3.03. The van der Waals surface area contributed by atoms with E-state index >= 15 is 0 Å². The van der Waals surface area contributed by atoms with E-state index in [-0.39, 0.29) is 5.91 Å². The molecule has 0 atom stereocenters. The van der Waals surface area contributed by atoms with Gasteiger partial charge in [0.2, 0.25) is 0 Å². The molecule has 28 heavy (non-hydrogen) atoms. The molecule has 140 valence electrons. The first-order valence-electron chi connectivity index (χ1n) is 8.97. The van der Waals surface area contributed by atoms with Gasteiger partial charge >= 0.3 is 5.76 Å². The first kappa shape index (κ1) is 17.7. The normalized spacial score (nSPS) is 10.9. The summed E-state index contributed by atoms with van der Waals surface area (Å²) in [7, 11) is 0. The molecule has 0 radical (unpaired) electrons. The Morgan fingerprint density at radius 1 is 1.11 bits per heavy atom. The van der Waals surface area contributed by atoms with E-state index in [1.54, 1.807) is 24.4 Å². The Labute approximate surface area is 161 Å². The van der Waals surface area contributed by atoms with Gasteiger partial charge in [-0.2, -0.15) is 0 Å². The van der Waals surface area contributed by atoms with Gasteiger partial charge in [-0.15, -0.1) is 0 Å². The van der Waals surface area contributed by atoms with Gasteiger partial charge in [-0.3, -0.25) is 14.3 Å². The lowest BCUT2D eigenvalue weighted by molar-refractivity contribution is 0.0950. The number of hydrogen-bond acceptors (Lipinski definition) is 4. The molecule has 0 saturated heterocycles. The van der Waals surface area contributed by atoms with Crippen molar-refractivity contribution in [2.75, 3.05) is 0 Å². The molecule has 2 aromatic heterocycles. The molecule has 1 amide bonds. The maximum absolute atomic E-state index is 12.5. The highest BCUT2D eigenvalue weighted by atomic mass is 16.4. The summed E-state index contributed by atoms with van der Waals surface area (Å²) in [4.78, 5) is 29.0. The molecule has 0 unspecified atom stereocenters. The van der Waals surface area contributed by atoms with Crippen LogP contribution in [-0.4, -0.2) is 15.5 Å². The zero-order chi connectivity index (χ0) is 19.5. The van der Waals surface area contributed by atoms with Crippen LogP contribution in [0.1, 0.15) is 27.2 Å². The SMILES string of the molecule is Cc1ccc(Cn2c(=O)oc3ccc(C(=O)NCc4ccccn4)cc32)cc1. The molecule has 0 fully saturated rings. The summed E-state index contributed by atoms with van der Waals surface area (Å²) in [6, 6.07) is 18.5. The van der Waals surface area contributed by atoms with Crippen LogP contribution >= 0.6 is 0 Å². The smallest absolute Gasteiger partial charge is 0.408 e. The maximum atomic E-state index is 12.5. The van der Waals surface area contributed by atoms with Gasteiger partial charge in [-0.05, 0) is 42.8 Å². The lowest BCUT2D eigenvalue weighted by Crippen LogP contribution is -2.23. The van der Waals surface area contributed by atoms with E-state index in [0.717, 1.165) is 16.8 Å². The Balaban J connectivity index is 1.59. The molecule has 1 N–H and O–H groups in total. The molecule has 4 aromatic rings. The van der Waals surface area contributed by atoms with Gasteiger partial charge < -0.3 is 9.73 Å². The number of carbonyl (C=O) groups excluding carboxylic acids is 1. The number of rotatable bonds is 5. The summed E-state index contributed by atoms with van der Waals surface area (Å²) >= 11 is 0. The molecule has 0 spiro atoms. The van der Waals surface area contributed by atoms with Crippen molar-refractivity contribution in [3.63, 3.8) is 0 Å². The lowest BCUT2D eigenvalue weighted by atomic mass is 10.1. The fourth-order valence-corrected chi connectivity index (χ4v) is 3.00. The number of pyridine rings is 1. The fraction of sp³-hybridized carbons (Fsp3) is 0.136. The molecule has 0 saturated carbocycles. The highest BCUT2D eigenvalue weighted by molar-refractivity contribution is 5.97. The summed E-state index contributed by atoms with van der Waals surface area (Å²) in [5, 5.41) is 2.84. The summed E-state index contributed by atoms with van der Waals surface area (Å²) < 4.78 is 6.86. The van der Waals surface area contributed by atoms with Crippen molar-refractivity contribution in [3.05, 3.63) is 99.8 Å². The second-order valence-corrected chi connectivity index (χ2v) is 6.63. The van der Waals surface area contributed by atoms with Gasteiger partial charge in [0.1, 0.15) is 0 Å². The second-order valence-electron chi connectivity index (χ2n) is 6.63. The van der Waals surface area contributed by atoms with Crippen LogP contribution in [-0.2, 0) is 13.1 Å². The van der Waals surface area contributed by atoms with Crippen LogP contribution in [0.15, 0.2) is 76.1 Å². The molecule has 6 nitrogen and oxygen atoms in total. The van der Waals surface area contributed by atoms with Crippen LogP contribution in [0.25, 0.3) is 11.1 Å². The van der Waals surface area contributed by atoms with Crippen LogP contribution in [0.3, 0.4) is 0 Å². The van der Waals surface area contributed by atoms with E-state index in [2.05, 4.69) is 10.3 Å². The van der Waals surface area contributed by atoms with Crippen LogP contribution in [0.5, 0.6) is 0 Å². The maximum Gasteiger partial charge on any atom is 0.420 e. The molecule has 2 aromatic carbocycles. The average molecular weight is 373 g/mol. The predicted molar refractivity (Wildman–Crippen MR) is 106 cm³/mol. The van der Waals surface area contributed by atoms with Gasteiger partial charge in [-0.25, -0.2) is 4.79 Å². The number of fused-ring (bicyclic) bond motifs is 1. The number of carbonyl (C=O) groups is 1. The highest BCUT2D eigenvalue weighted by Crippen LogP contribution is 2.17. The van der Waals surface area contributed by atoms with E-state index in [9.17, 15) is 9.59 Å². The predicted octanol–water partition coefficient (Wildman–Crippen LogP) is 3.28. The van der Waals surface area contributed by atoms with Gasteiger partial charge in [0.05, 0.1) is 24.3 Å². The fourth-order valence-electron chi connectivity index (χ4n) is 3.00. The van der Waals surface area contributed by atoms with Crippen molar-refractivity contribution in [1.29, 1.82) is 0 Å². The van der Waals surface area contributed by atoms with Gasteiger partial charge in [0.25, 0.3) is 5.91 Å². The molecular weight excluding hydrogens is 354 g/mol. The quantitative estimate of drug-likeness (QED) is 0.582. The van der Waals surface area contributed by atoms with E-state index in [1.165, 1.54) is 4.57 Å². The Bertz CT molecular complexity index is 1180. The van der Waals surface area contributed by atoms with E-state index in [0.29, 0.717) is 29.8 Å². The Kier molecular flexibility index (Phi) is 4.76. The van der Waals surface area contributed by atoms with Gasteiger partial charge in [0.15, 0.2) is 5.58 Å². The van der Waals surface area contributed by atoms with Crippen molar-refractivity contribution in [2.24, 2.45) is 0 Å². The molecule has 4 rings (SSSR count). The summed E-state index contributed by atoms with van der Waals surface area (Å²) in [5.74, 6) is -0.676. The van der Waals surface area contributed by atoms with Crippen molar-refractivity contribution < 1.29 is 9.21 Å². The monoisotopic (exact) mass is 373 g/mol. The van der Waals surface area contributed by atoms with Crippen LogP contribution < -0.4 is 11.1 Å². The molecular formula is C22H19N3O3. The van der Waals surface area contributed by atoms with Crippen molar-refractivity contribution in [3.8, 4) is 0 Å². The topological polar surface area (TPSA) is 77.1 Å². The van der Waals surface area contributed by atoms with E-state index in [1.807, 2.05) is 49.4 Å². The third-order valence-electron chi connectivity index (χ3n) is 4.55. The Hall–Kier alpha value is -3.67. The molecule has 0 bridgehead atoms. The lowest BCUT2D eigenvalue weighted by Gasteiger charge is -2.06. The van der Waals surface area contributed by atoms with Crippen molar-refractivity contribution in [2.45, 2.75) is 20.0 Å². The molecule has 2 heterocycles. The number of aryl methyl sites for hydroxylation is 1. The minimum atomic E-state index is -0.443. The Morgan fingerprint density at radius 3 is 2.68 bits per heavy atom. The van der Waals surface area contributed by atoms with E-state index in [4.69, 9.17) is 4.42 Å². The number of aromatic nitrogens is 2. The van der Waals surface area contributed by atoms with Crippen LogP contribution in [0.2, 0.25) is 0 Å². The number of amides is 1. The van der Waals surface area contributed by atoms with Crippen molar-refractivity contribution in [1.82, 2.24) is 14.9 Å². The minimum Gasteiger partial charge on any atom is -0.408 e. The van der Waals surface area contributed by atoms with Gasteiger partial charge in [0, 0.05) is 11.8 Å². The second kappa shape index (κ2) is 7.52. The zero-order valence-electron chi connectivity index (χ0n) is 15.4. The third kappa shape index (κ3) is 3.71. The highest BCUT2D eigenvalue weighted by Gasteiger charge is 2.13. The summed E-state index contributed by atoms with van der Waals surface area (Å²) in [6.45, 7) is 2.73. The number of benzene rings is 2. The van der Waals surface area contributed by atoms with Crippen LogP contribution in [0, 0.1) is 6.92 Å². The molecule has 0 aliphatic heterocycles. The minimum absolute atomic E-state index is 0.233. The molecule has 6 heteroatoms. The summed E-state index contributed by atoms with van der Waals surface area (Å²) in [6.07, 6.45) is 1.68. The zero-order valence-corrected chi connectivity index (χ0v) is 15.4. The summed E-state index contributed by atoms with van der Waals surface area (Å²) in [5.41, 5.74) is 4.42. The van der Waals surface area contributed by atoms with Crippen LogP contribution in [0.4, 0.5) is 0 Å². The van der Waals surface area contributed by atoms with Gasteiger partial charge in [-0.1, -0.05) is 35.9 Å².